The first kappa shape index (κ1) is 19.3. The van der Waals surface area contributed by atoms with E-state index in [4.69, 9.17) is 0 Å². The summed E-state index contributed by atoms with van der Waals surface area (Å²) < 4.78 is 13.9. The third kappa shape index (κ3) is 5.28. The zero-order valence-electron chi connectivity index (χ0n) is 15.5. The number of hydrogen-bond acceptors (Lipinski definition) is 3. The van der Waals surface area contributed by atoms with Gasteiger partial charge in [0.1, 0.15) is 11.9 Å². The summed E-state index contributed by atoms with van der Waals surface area (Å²) in [4.78, 5) is 38.1. The van der Waals surface area contributed by atoms with E-state index in [0.717, 1.165) is 12.8 Å². The molecule has 1 aliphatic heterocycles. The van der Waals surface area contributed by atoms with E-state index in [-0.39, 0.29) is 36.1 Å². The van der Waals surface area contributed by atoms with Crippen LogP contribution in [-0.2, 0) is 20.8 Å². The van der Waals surface area contributed by atoms with Gasteiger partial charge in [0.2, 0.25) is 17.7 Å². The molecule has 7 heteroatoms. The van der Waals surface area contributed by atoms with Crippen molar-refractivity contribution in [2.75, 3.05) is 13.1 Å². The summed E-state index contributed by atoms with van der Waals surface area (Å²) in [5, 5.41) is 5.57. The molecule has 1 unspecified atom stereocenters. The van der Waals surface area contributed by atoms with E-state index in [1.165, 1.54) is 13.0 Å². The predicted octanol–water partition coefficient (Wildman–Crippen LogP) is 1.39. The Kier molecular flexibility index (Phi) is 6.08. The summed E-state index contributed by atoms with van der Waals surface area (Å²) in [7, 11) is 0. The van der Waals surface area contributed by atoms with Crippen LogP contribution in [0, 0.1) is 11.7 Å². The molecule has 27 heavy (non-hydrogen) atoms. The minimum atomic E-state index is -0.828. The molecule has 0 spiro atoms. The number of nitrogens with one attached hydrogen (secondary N) is 2. The van der Waals surface area contributed by atoms with E-state index in [0.29, 0.717) is 31.5 Å². The molecule has 2 N–H and O–H groups in total. The van der Waals surface area contributed by atoms with Crippen molar-refractivity contribution in [2.45, 2.75) is 51.1 Å². The monoisotopic (exact) mass is 375 g/mol. The molecule has 0 aromatic heterocycles. The second-order valence-electron chi connectivity index (χ2n) is 7.43. The zero-order valence-corrected chi connectivity index (χ0v) is 15.5. The summed E-state index contributed by atoms with van der Waals surface area (Å²) in [6.45, 7) is 2.61. The number of piperidine rings is 1. The van der Waals surface area contributed by atoms with Crippen LogP contribution in [0.2, 0.25) is 0 Å². The molecule has 146 valence electrons. The van der Waals surface area contributed by atoms with Gasteiger partial charge in [-0.2, -0.15) is 0 Å². The van der Waals surface area contributed by atoms with Crippen LogP contribution in [0.4, 0.5) is 4.39 Å². The van der Waals surface area contributed by atoms with Crippen molar-refractivity contribution in [1.82, 2.24) is 15.5 Å². The summed E-state index contributed by atoms with van der Waals surface area (Å²) >= 11 is 0. The van der Waals surface area contributed by atoms with E-state index in [1.54, 1.807) is 18.2 Å². The highest BCUT2D eigenvalue weighted by Gasteiger charge is 2.35. The molecule has 1 heterocycles. The summed E-state index contributed by atoms with van der Waals surface area (Å²) in [6.07, 6.45) is 3.46. The number of carbonyl (C=O) groups excluding carboxylic acids is 3. The third-order valence-electron chi connectivity index (χ3n) is 5.16. The van der Waals surface area contributed by atoms with Crippen LogP contribution in [0.3, 0.4) is 0 Å². The van der Waals surface area contributed by atoms with E-state index in [2.05, 4.69) is 10.6 Å². The Morgan fingerprint density at radius 1 is 1.15 bits per heavy atom. The van der Waals surface area contributed by atoms with Crippen LogP contribution in [0.15, 0.2) is 24.3 Å². The van der Waals surface area contributed by atoms with Crippen molar-refractivity contribution in [1.29, 1.82) is 0 Å². The SMILES string of the molecule is CC(=O)NC(Cc1ccccc1F)C(=O)NC1CCN(C(=O)C2CC2)CC1. The molecule has 6 nitrogen and oxygen atoms in total. The second-order valence-corrected chi connectivity index (χ2v) is 7.43. The molecule has 0 bridgehead atoms. The largest absolute Gasteiger partial charge is 0.351 e. The molecule has 0 radical (unpaired) electrons. The van der Waals surface area contributed by atoms with Crippen molar-refractivity contribution >= 4 is 17.7 Å². The maximum atomic E-state index is 13.9. The van der Waals surface area contributed by atoms with Gasteiger partial charge in [0.25, 0.3) is 0 Å². The Labute approximate surface area is 158 Å². The smallest absolute Gasteiger partial charge is 0.243 e. The van der Waals surface area contributed by atoms with Crippen LogP contribution in [0.1, 0.15) is 38.2 Å². The van der Waals surface area contributed by atoms with Crippen LogP contribution >= 0.6 is 0 Å². The van der Waals surface area contributed by atoms with Gasteiger partial charge in [-0.15, -0.1) is 0 Å². The Balaban J connectivity index is 1.55. The lowest BCUT2D eigenvalue weighted by Gasteiger charge is -2.33. The first-order valence-electron chi connectivity index (χ1n) is 9.53. The van der Waals surface area contributed by atoms with Gasteiger partial charge >= 0.3 is 0 Å². The van der Waals surface area contributed by atoms with Gasteiger partial charge < -0.3 is 15.5 Å². The highest BCUT2D eigenvalue weighted by atomic mass is 19.1. The molecule has 3 amide bonds. The Morgan fingerprint density at radius 2 is 1.81 bits per heavy atom. The van der Waals surface area contributed by atoms with Crippen molar-refractivity contribution in [3.8, 4) is 0 Å². The molecule has 2 aliphatic rings. The molecule has 1 saturated heterocycles. The highest BCUT2D eigenvalue weighted by Crippen LogP contribution is 2.31. The van der Waals surface area contributed by atoms with E-state index >= 15 is 0 Å². The number of rotatable bonds is 6. The average Bonchev–Trinajstić information content (AvgIpc) is 3.48. The van der Waals surface area contributed by atoms with Gasteiger partial charge in [0.05, 0.1) is 0 Å². The molecule has 1 aromatic rings. The standard InChI is InChI=1S/C20H26FN3O3/c1-13(25)22-18(12-15-4-2-3-5-17(15)21)19(26)23-16-8-10-24(11-9-16)20(27)14-6-7-14/h2-5,14,16,18H,6-12H2,1H3,(H,22,25)(H,23,26). The minimum absolute atomic E-state index is 0.0439. The number of benzene rings is 1. The number of amides is 3. The maximum Gasteiger partial charge on any atom is 0.243 e. The van der Waals surface area contributed by atoms with Crippen molar-refractivity contribution in [3.63, 3.8) is 0 Å². The van der Waals surface area contributed by atoms with Crippen LogP contribution in [0.25, 0.3) is 0 Å². The second kappa shape index (κ2) is 8.50. The normalized spacial score (nSPS) is 18.7. The fourth-order valence-corrected chi connectivity index (χ4v) is 3.47. The fraction of sp³-hybridized carbons (Fsp3) is 0.550. The lowest BCUT2D eigenvalue weighted by molar-refractivity contribution is -0.134. The van der Waals surface area contributed by atoms with Gasteiger partial charge in [0.15, 0.2) is 0 Å². The Bertz CT molecular complexity index is 712. The summed E-state index contributed by atoms with van der Waals surface area (Å²) in [6, 6.07) is 5.36. The van der Waals surface area contributed by atoms with E-state index in [9.17, 15) is 18.8 Å². The number of carbonyl (C=O) groups is 3. The lowest BCUT2D eigenvalue weighted by Crippen LogP contribution is -2.53. The quantitative estimate of drug-likeness (QED) is 0.789. The van der Waals surface area contributed by atoms with Crippen molar-refractivity contribution in [3.05, 3.63) is 35.6 Å². The lowest BCUT2D eigenvalue weighted by atomic mass is 10.0. The highest BCUT2D eigenvalue weighted by molar-refractivity contribution is 5.87. The zero-order chi connectivity index (χ0) is 19.4. The van der Waals surface area contributed by atoms with Crippen LogP contribution < -0.4 is 10.6 Å². The minimum Gasteiger partial charge on any atom is -0.351 e. The van der Waals surface area contributed by atoms with Gasteiger partial charge in [-0.3, -0.25) is 14.4 Å². The van der Waals surface area contributed by atoms with Crippen molar-refractivity contribution in [2.24, 2.45) is 5.92 Å². The third-order valence-corrected chi connectivity index (χ3v) is 5.16. The summed E-state index contributed by atoms with van der Waals surface area (Å²) in [5.74, 6) is -0.610. The van der Waals surface area contributed by atoms with Crippen LogP contribution in [-0.4, -0.2) is 47.8 Å². The average molecular weight is 375 g/mol. The fourth-order valence-electron chi connectivity index (χ4n) is 3.47. The Hall–Kier alpha value is -2.44. The van der Waals surface area contributed by atoms with E-state index < -0.39 is 11.9 Å². The van der Waals surface area contributed by atoms with Crippen LogP contribution in [0.5, 0.6) is 0 Å². The van der Waals surface area contributed by atoms with Gasteiger partial charge in [-0.05, 0) is 37.3 Å². The molecule has 1 saturated carbocycles. The first-order valence-corrected chi connectivity index (χ1v) is 9.53. The molecule has 1 atom stereocenters. The molecule has 3 rings (SSSR count). The maximum absolute atomic E-state index is 13.9. The number of nitrogens with zero attached hydrogens (tertiary/aromatic N) is 1. The topological polar surface area (TPSA) is 78.5 Å². The molecular weight excluding hydrogens is 349 g/mol. The molecule has 1 aromatic carbocycles. The number of likely N-dealkylation sites (tertiary alicyclic amines) is 1. The number of hydrogen-bond donors (Lipinski definition) is 2. The predicted molar refractivity (Wildman–Crippen MR) is 98.2 cm³/mol. The van der Waals surface area contributed by atoms with Gasteiger partial charge in [0, 0.05) is 38.4 Å². The Morgan fingerprint density at radius 3 is 2.41 bits per heavy atom. The molecular formula is C20H26FN3O3. The van der Waals surface area contributed by atoms with E-state index in [1.807, 2.05) is 4.90 Å². The summed E-state index contributed by atoms with van der Waals surface area (Å²) in [5.41, 5.74) is 0.385. The molecule has 2 fully saturated rings. The van der Waals surface area contributed by atoms with Crippen molar-refractivity contribution < 1.29 is 18.8 Å². The van der Waals surface area contributed by atoms with Gasteiger partial charge in [-0.25, -0.2) is 4.39 Å². The first-order chi connectivity index (χ1) is 12.9. The number of halogens is 1. The molecule has 1 aliphatic carbocycles. The van der Waals surface area contributed by atoms with Gasteiger partial charge in [-0.1, -0.05) is 18.2 Å².